The highest BCUT2D eigenvalue weighted by Crippen LogP contribution is 2.28. The smallest absolute Gasteiger partial charge is 0.153 e. The molecule has 0 unspecified atom stereocenters. The number of anilines is 2. The maximum atomic E-state index is 4.26. The Balaban J connectivity index is 2.05. The van der Waals surface area contributed by atoms with Crippen LogP contribution in [0.4, 0.5) is 11.6 Å². The summed E-state index contributed by atoms with van der Waals surface area (Å²) < 4.78 is 0. The number of nitrogens with one attached hydrogen (secondary N) is 2. The predicted molar refractivity (Wildman–Crippen MR) is 68.8 cm³/mol. The number of fused-ring (bicyclic) bond motifs is 1. The first-order valence-corrected chi connectivity index (χ1v) is 6.04. The SMILES string of the molecule is Cc1cc(Nc2ncnc3sc(C)cc23)n[nH]1. The van der Waals surface area contributed by atoms with Gasteiger partial charge in [0.2, 0.25) is 0 Å². The summed E-state index contributed by atoms with van der Waals surface area (Å²) in [5.74, 6) is 1.57. The van der Waals surface area contributed by atoms with Gasteiger partial charge >= 0.3 is 0 Å². The zero-order valence-corrected chi connectivity index (χ0v) is 10.3. The Morgan fingerprint density at radius 3 is 2.88 bits per heavy atom. The summed E-state index contributed by atoms with van der Waals surface area (Å²) >= 11 is 1.66. The molecule has 0 saturated heterocycles. The average molecular weight is 245 g/mol. The Morgan fingerprint density at radius 1 is 1.24 bits per heavy atom. The number of aromatic nitrogens is 4. The van der Waals surface area contributed by atoms with Gasteiger partial charge in [0.05, 0.1) is 5.39 Å². The molecule has 3 heterocycles. The van der Waals surface area contributed by atoms with Crippen molar-refractivity contribution >= 4 is 33.2 Å². The summed E-state index contributed by atoms with van der Waals surface area (Å²) in [4.78, 5) is 10.7. The predicted octanol–water partition coefficient (Wildman–Crippen LogP) is 2.77. The fourth-order valence-corrected chi connectivity index (χ4v) is 2.53. The normalized spacial score (nSPS) is 10.9. The number of H-pyrrole nitrogens is 1. The van der Waals surface area contributed by atoms with Gasteiger partial charge in [0.1, 0.15) is 17.0 Å². The topological polar surface area (TPSA) is 66.5 Å². The Hall–Kier alpha value is -1.95. The molecule has 86 valence electrons. The molecule has 0 atom stereocenters. The van der Waals surface area contributed by atoms with Crippen LogP contribution in [-0.4, -0.2) is 20.2 Å². The van der Waals surface area contributed by atoms with E-state index in [0.29, 0.717) is 0 Å². The van der Waals surface area contributed by atoms with E-state index in [4.69, 9.17) is 0 Å². The monoisotopic (exact) mass is 245 g/mol. The highest BCUT2D eigenvalue weighted by Gasteiger charge is 2.08. The number of aryl methyl sites for hydroxylation is 2. The van der Waals surface area contributed by atoms with Gasteiger partial charge in [0.25, 0.3) is 0 Å². The average Bonchev–Trinajstić information content (AvgIpc) is 2.84. The van der Waals surface area contributed by atoms with E-state index < -0.39 is 0 Å². The van der Waals surface area contributed by atoms with Gasteiger partial charge < -0.3 is 5.32 Å². The second-order valence-electron chi connectivity index (χ2n) is 3.86. The number of aromatic amines is 1. The highest BCUT2D eigenvalue weighted by atomic mass is 32.1. The van der Waals surface area contributed by atoms with Crippen molar-refractivity contribution in [2.45, 2.75) is 13.8 Å². The molecule has 0 spiro atoms. The minimum absolute atomic E-state index is 0.770. The molecular weight excluding hydrogens is 234 g/mol. The largest absolute Gasteiger partial charge is 0.323 e. The number of hydrogen-bond donors (Lipinski definition) is 2. The van der Waals surface area contributed by atoms with Crippen LogP contribution in [0.2, 0.25) is 0 Å². The maximum Gasteiger partial charge on any atom is 0.153 e. The third-order valence-electron chi connectivity index (χ3n) is 2.41. The fourth-order valence-electron chi connectivity index (χ4n) is 1.68. The van der Waals surface area contributed by atoms with Crippen LogP contribution in [0.5, 0.6) is 0 Å². The number of thiophene rings is 1. The van der Waals surface area contributed by atoms with Crippen molar-refractivity contribution in [2.75, 3.05) is 5.32 Å². The van der Waals surface area contributed by atoms with Crippen LogP contribution in [0.1, 0.15) is 10.6 Å². The summed E-state index contributed by atoms with van der Waals surface area (Å²) in [6.45, 7) is 4.03. The molecule has 6 heteroatoms. The van der Waals surface area contributed by atoms with Crippen LogP contribution in [0.3, 0.4) is 0 Å². The van der Waals surface area contributed by atoms with Crippen LogP contribution >= 0.6 is 11.3 Å². The molecule has 0 radical (unpaired) electrons. The molecule has 3 rings (SSSR count). The van der Waals surface area contributed by atoms with E-state index in [0.717, 1.165) is 27.5 Å². The Morgan fingerprint density at radius 2 is 2.12 bits per heavy atom. The van der Waals surface area contributed by atoms with E-state index in [1.54, 1.807) is 17.7 Å². The Bertz CT molecular complexity index is 669. The maximum absolute atomic E-state index is 4.26. The summed E-state index contributed by atoms with van der Waals surface area (Å²) in [5.41, 5.74) is 1.01. The first-order valence-electron chi connectivity index (χ1n) is 5.22. The quantitative estimate of drug-likeness (QED) is 0.728. The molecule has 0 amide bonds. The number of nitrogens with zero attached hydrogens (tertiary/aromatic N) is 3. The molecule has 17 heavy (non-hydrogen) atoms. The van der Waals surface area contributed by atoms with E-state index in [1.807, 2.05) is 13.0 Å². The van der Waals surface area contributed by atoms with Gasteiger partial charge in [0, 0.05) is 16.6 Å². The van der Waals surface area contributed by atoms with Crippen molar-refractivity contribution in [3.05, 3.63) is 29.0 Å². The molecule has 3 aromatic rings. The fraction of sp³-hybridized carbons (Fsp3) is 0.182. The van der Waals surface area contributed by atoms with E-state index >= 15 is 0 Å². The van der Waals surface area contributed by atoms with Crippen molar-refractivity contribution in [1.82, 2.24) is 20.2 Å². The molecule has 0 fully saturated rings. The second kappa shape index (κ2) is 3.81. The minimum atomic E-state index is 0.770. The molecule has 0 aromatic carbocycles. The molecule has 2 N–H and O–H groups in total. The molecule has 5 nitrogen and oxygen atoms in total. The molecule has 0 aliphatic heterocycles. The van der Waals surface area contributed by atoms with Crippen LogP contribution in [0, 0.1) is 13.8 Å². The van der Waals surface area contributed by atoms with Gasteiger partial charge in [-0.15, -0.1) is 11.3 Å². The number of rotatable bonds is 2. The van der Waals surface area contributed by atoms with Crippen molar-refractivity contribution < 1.29 is 0 Å². The Kier molecular flexibility index (Phi) is 2.29. The van der Waals surface area contributed by atoms with Crippen molar-refractivity contribution in [3.8, 4) is 0 Å². The van der Waals surface area contributed by atoms with Crippen molar-refractivity contribution in [3.63, 3.8) is 0 Å². The zero-order valence-electron chi connectivity index (χ0n) is 9.48. The van der Waals surface area contributed by atoms with Crippen LogP contribution in [0.25, 0.3) is 10.2 Å². The summed E-state index contributed by atoms with van der Waals surface area (Å²) in [6.07, 6.45) is 1.57. The zero-order chi connectivity index (χ0) is 11.8. The van der Waals surface area contributed by atoms with Gasteiger partial charge in [-0.2, -0.15) is 5.10 Å². The first kappa shape index (κ1) is 10.2. The van der Waals surface area contributed by atoms with Gasteiger partial charge in [-0.25, -0.2) is 9.97 Å². The van der Waals surface area contributed by atoms with E-state index in [1.165, 1.54) is 4.88 Å². The number of hydrogen-bond acceptors (Lipinski definition) is 5. The lowest BCUT2D eigenvalue weighted by molar-refractivity contribution is 1.05. The summed E-state index contributed by atoms with van der Waals surface area (Å²) in [5, 5.41) is 11.3. The molecule has 0 bridgehead atoms. The van der Waals surface area contributed by atoms with Crippen LogP contribution < -0.4 is 5.32 Å². The third kappa shape index (κ3) is 1.87. The van der Waals surface area contributed by atoms with E-state index in [2.05, 4.69) is 38.5 Å². The van der Waals surface area contributed by atoms with E-state index in [9.17, 15) is 0 Å². The first-order chi connectivity index (χ1) is 8.22. The minimum Gasteiger partial charge on any atom is -0.323 e. The van der Waals surface area contributed by atoms with Gasteiger partial charge in [0.15, 0.2) is 5.82 Å². The molecule has 0 saturated carbocycles. The highest BCUT2D eigenvalue weighted by molar-refractivity contribution is 7.18. The molecule has 0 aliphatic carbocycles. The standard InChI is InChI=1S/C11H11N5S/c1-6-3-9(16-15-6)14-10-8-4-7(2)17-11(8)13-5-12-10/h3-5H,1-2H3,(H2,12,13,14,15,16). The lowest BCUT2D eigenvalue weighted by Gasteiger charge is -2.01. The van der Waals surface area contributed by atoms with Crippen LogP contribution in [-0.2, 0) is 0 Å². The third-order valence-corrected chi connectivity index (χ3v) is 3.36. The summed E-state index contributed by atoms with van der Waals surface area (Å²) in [7, 11) is 0. The molecular formula is C11H11N5S. The molecule has 3 aromatic heterocycles. The lowest BCUT2D eigenvalue weighted by atomic mass is 10.3. The van der Waals surface area contributed by atoms with Crippen molar-refractivity contribution in [2.24, 2.45) is 0 Å². The van der Waals surface area contributed by atoms with Gasteiger partial charge in [-0.3, -0.25) is 5.10 Å². The lowest BCUT2D eigenvalue weighted by Crippen LogP contribution is -1.94. The van der Waals surface area contributed by atoms with E-state index in [-0.39, 0.29) is 0 Å². The van der Waals surface area contributed by atoms with Gasteiger partial charge in [-0.05, 0) is 19.9 Å². The molecule has 0 aliphatic rings. The summed E-state index contributed by atoms with van der Waals surface area (Å²) in [6, 6.07) is 4.02. The van der Waals surface area contributed by atoms with Crippen LogP contribution in [0.15, 0.2) is 18.5 Å². The van der Waals surface area contributed by atoms with Gasteiger partial charge in [-0.1, -0.05) is 0 Å². The second-order valence-corrected chi connectivity index (χ2v) is 5.09. The Labute approximate surface area is 102 Å². The van der Waals surface area contributed by atoms with Crippen molar-refractivity contribution in [1.29, 1.82) is 0 Å².